The number of hydrogen-bond acceptors (Lipinski definition) is 10. The molecule has 6 heterocycles. The first-order chi connectivity index (χ1) is 29.6. The van der Waals surface area contributed by atoms with E-state index in [9.17, 15) is 18.4 Å². The summed E-state index contributed by atoms with van der Waals surface area (Å²) in [4.78, 5) is 62.3. The van der Waals surface area contributed by atoms with Crippen LogP contribution in [0.1, 0.15) is 65.2 Å². The van der Waals surface area contributed by atoms with Gasteiger partial charge in [-0.25, -0.2) is 28.7 Å². The van der Waals surface area contributed by atoms with Crippen LogP contribution in [0.5, 0.6) is 0 Å². The second-order valence-electron chi connectivity index (χ2n) is 15.4. The number of hydrogen-bond donors (Lipinski definition) is 1. The average Bonchev–Trinajstić information content (AvgIpc) is 3.96. The van der Waals surface area contributed by atoms with Gasteiger partial charge in [-0.05, 0) is 111 Å². The van der Waals surface area contributed by atoms with E-state index in [4.69, 9.17) is 16.6 Å². The molecule has 0 radical (unpaired) electrons. The number of likely N-dealkylation sites (N-methyl/N-ethyl adjacent to an activating group) is 2. The molecule has 2 aliphatic carbocycles. The molecule has 2 atom stereocenters. The molecular weight excluding hydrogens is 802 g/mol. The lowest BCUT2D eigenvalue weighted by atomic mass is 9.88. The van der Waals surface area contributed by atoms with Gasteiger partial charge in [0.2, 0.25) is 23.0 Å². The number of anilines is 4. The van der Waals surface area contributed by atoms with Crippen LogP contribution < -0.4 is 19.6 Å². The number of rotatable bonds is 7. The van der Waals surface area contributed by atoms with E-state index < -0.39 is 0 Å². The lowest BCUT2D eigenvalue weighted by molar-refractivity contribution is -0.121. The Kier molecular flexibility index (Phi) is 12.1. The lowest BCUT2D eigenvalue weighted by Gasteiger charge is -2.47. The zero-order valence-electron chi connectivity index (χ0n) is 34.4. The summed E-state index contributed by atoms with van der Waals surface area (Å²) in [5, 5.41) is 0.237. The molecule has 10 rings (SSSR count). The molecule has 2 amide bonds. The predicted molar refractivity (Wildman–Crippen MR) is 231 cm³/mol. The highest BCUT2D eigenvalue weighted by atomic mass is 35.5. The fourth-order valence-corrected chi connectivity index (χ4v) is 8.25. The van der Waals surface area contributed by atoms with Crippen LogP contribution in [0.2, 0.25) is 5.28 Å². The Labute approximate surface area is 357 Å². The van der Waals surface area contributed by atoms with E-state index in [1.807, 2.05) is 13.8 Å². The van der Waals surface area contributed by atoms with Crippen molar-refractivity contribution in [2.45, 2.75) is 89.4 Å². The summed E-state index contributed by atoms with van der Waals surface area (Å²) in [6.45, 7) is 4.08. The summed E-state index contributed by atoms with van der Waals surface area (Å²) >= 11 is 5.93. The molecule has 2 aliphatic heterocycles. The highest BCUT2D eigenvalue weighted by Crippen LogP contribution is 2.42. The number of H-pyrrole nitrogens is 1. The topological polar surface area (TPSA) is 145 Å². The van der Waals surface area contributed by atoms with Crippen molar-refractivity contribution in [3.63, 3.8) is 0 Å². The van der Waals surface area contributed by atoms with Crippen molar-refractivity contribution in [1.82, 2.24) is 39.5 Å². The van der Waals surface area contributed by atoms with Crippen molar-refractivity contribution in [3.8, 4) is 28.7 Å². The molecular formula is C44H47ClF2N12O2. The van der Waals surface area contributed by atoms with Gasteiger partial charge in [0.25, 0.3) is 0 Å². The molecule has 2 aromatic carbocycles. The van der Waals surface area contributed by atoms with Crippen LogP contribution in [0.3, 0.4) is 0 Å². The number of nitrogens with one attached hydrogen (secondary N) is 1. The summed E-state index contributed by atoms with van der Waals surface area (Å²) in [6.07, 6.45) is 18.5. The van der Waals surface area contributed by atoms with Crippen LogP contribution in [0.25, 0.3) is 28.7 Å². The van der Waals surface area contributed by atoms with Crippen LogP contribution in [0, 0.1) is 11.6 Å². The second kappa shape index (κ2) is 17.7. The van der Waals surface area contributed by atoms with Crippen LogP contribution in [-0.2, 0) is 9.59 Å². The molecule has 2 fully saturated rings. The third-order valence-corrected chi connectivity index (χ3v) is 12.0. The molecule has 0 bridgehead atoms. The van der Waals surface area contributed by atoms with E-state index in [0.29, 0.717) is 23.9 Å². The molecule has 61 heavy (non-hydrogen) atoms. The minimum absolute atomic E-state index is 0.0860. The third kappa shape index (κ3) is 8.15. The first kappa shape index (κ1) is 41.4. The summed E-state index contributed by atoms with van der Waals surface area (Å²) in [5.41, 5.74) is 3.15. The maximum atomic E-state index is 13.3. The first-order valence-electron chi connectivity index (χ1n) is 20.6. The van der Waals surface area contributed by atoms with Crippen LogP contribution >= 0.6 is 11.6 Å². The van der Waals surface area contributed by atoms with E-state index in [1.54, 1.807) is 89.9 Å². The zero-order chi connectivity index (χ0) is 42.8. The second-order valence-corrected chi connectivity index (χ2v) is 15.8. The highest BCUT2D eigenvalue weighted by molar-refractivity contribution is 6.28. The van der Waals surface area contributed by atoms with Gasteiger partial charge in [0, 0.05) is 62.1 Å². The van der Waals surface area contributed by atoms with Gasteiger partial charge in [0.05, 0.1) is 12.4 Å². The summed E-state index contributed by atoms with van der Waals surface area (Å²) in [5.74, 6) is 3.15. The van der Waals surface area contributed by atoms with E-state index in [2.05, 4.69) is 39.7 Å². The molecule has 4 aliphatic rings. The maximum absolute atomic E-state index is 13.3. The van der Waals surface area contributed by atoms with Gasteiger partial charge < -0.3 is 24.6 Å². The SMILES string of the molecule is CC[C@@H]1C(=O)N(C)c2cnc(-n3ccnc3-c3ccc(F)cc3)nc2N1C1CCC1.CC[C@@H]1C(=O)N(C)c2cnc(Cl)nc2N1C1CCC1.Fc1ccc(-c2ncc[nH]2)cc1. The molecule has 1 N–H and O–H groups in total. The average molecular weight is 849 g/mol. The molecule has 17 heteroatoms. The van der Waals surface area contributed by atoms with E-state index in [-0.39, 0.29) is 40.8 Å². The summed E-state index contributed by atoms with van der Waals surface area (Å²) in [7, 11) is 3.56. The Morgan fingerprint density at radius 2 is 1.21 bits per heavy atom. The van der Waals surface area contributed by atoms with Crippen molar-refractivity contribution in [1.29, 1.82) is 0 Å². The Morgan fingerprint density at radius 3 is 1.70 bits per heavy atom. The normalized spacial score (nSPS) is 18.6. The smallest absolute Gasteiger partial charge is 0.249 e. The minimum atomic E-state index is -0.295. The Hall–Kier alpha value is -6.29. The fraction of sp³-hybridized carbons (Fsp3) is 0.364. The van der Waals surface area contributed by atoms with Crippen LogP contribution in [0.4, 0.5) is 31.8 Å². The van der Waals surface area contributed by atoms with Gasteiger partial charge in [0.15, 0.2) is 11.6 Å². The van der Waals surface area contributed by atoms with Crippen LogP contribution in [-0.4, -0.2) is 89.5 Å². The highest BCUT2D eigenvalue weighted by Gasteiger charge is 2.43. The standard InChI is InChI=1S/C22H23FN6O.C13H17ClN4O.C9H7FN2/c1-3-17-21(30)27(2)18-13-25-22(26-20(18)29(17)16-5-4-6-16)28-12-11-24-19(28)14-7-9-15(23)10-8-14;1-3-9-12(19)17(2)10-7-15-13(14)16-11(10)18(9)8-5-4-6-8;10-8-3-1-7(2-4-8)9-11-5-6-12-9/h7-13,16-17H,3-6H2,1-2H3;7-9H,3-6H2,1-2H3;1-6H,(H,11,12)/t17-;9-;/m11./s1. The van der Waals surface area contributed by atoms with Gasteiger partial charge >= 0.3 is 0 Å². The largest absolute Gasteiger partial charge is 0.345 e. The molecule has 0 spiro atoms. The number of fused-ring (bicyclic) bond motifs is 2. The van der Waals surface area contributed by atoms with Crippen molar-refractivity contribution >= 4 is 46.4 Å². The quantitative estimate of drug-likeness (QED) is 0.157. The number of amides is 2. The van der Waals surface area contributed by atoms with E-state index in [1.165, 1.54) is 37.1 Å². The van der Waals surface area contributed by atoms with Gasteiger partial charge in [-0.15, -0.1) is 0 Å². The fourth-order valence-electron chi connectivity index (χ4n) is 8.13. The molecule has 14 nitrogen and oxygen atoms in total. The van der Waals surface area contributed by atoms with Crippen molar-refractivity contribution in [3.05, 3.63) is 103 Å². The van der Waals surface area contributed by atoms with E-state index in [0.717, 1.165) is 78.5 Å². The number of benzene rings is 2. The Balaban J connectivity index is 0.000000141. The molecule has 316 valence electrons. The number of carbonyl (C=O) groups excluding carboxylic acids is 2. The molecule has 6 aromatic rings. The zero-order valence-corrected chi connectivity index (χ0v) is 35.2. The predicted octanol–water partition coefficient (Wildman–Crippen LogP) is 8.04. The van der Waals surface area contributed by atoms with Crippen LogP contribution in [0.15, 0.2) is 85.7 Å². The number of nitrogens with zero attached hydrogens (tertiary/aromatic N) is 11. The monoisotopic (exact) mass is 848 g/mol. The number of halogens is 3. The maximum Gasteiger partial charge on any atom is 0.249 e. The van der Waals surface area contributed by atoms with Gasteiger partial charge in [-0.3, -0.25) is 14.2 Å². The Morgan fingerprint density at radius 1 is 0.689 bits per heavy atom. The van der Waals surface area contributed by atoms with Crippen molar-refractivity contribution < 1.29 is 18.4 Å². The summed E-state index contributed by atoms with van der Waals surface area (Å²) in [6, 6.07) is 12.8. The van der Waals surface area contributed by atoms with E-state index >= 15 is 0 Å². The molecule has 0 unspecified atom stereocenters. The first-order valence-corrected chi connectivity index (χ1v) is 21.0. The molecule has 2 saturated carbocycles. The van der Waals surface area contributed by atoms with Gasteiger partial charge in [-0.2, -0.15) is 9.97 Å². The lowest BCUT2D eigenvalue weighted by Crippen LogP contribution is -2.57. The molecule has 4 aromatic heterocycles. The Bertz CT molecular complexity index is 2480. The van der Waals surface area contributed by atoms with Gasteiger partial charge in [-0.1, -0.05) is 13.8 Å². The third-order valence-electron chi connectivity index (χ3n) is 11.9. The number of imidazole rings is 2. The van der Waals surface area contributed by atoms with Gasteiger partial charge in [0.1, 0.15) is 46.7 Å². The summed E-state index contributed by atoms with van der Waals surface area (Å²) < 4.78 is 27.6. The number of carbonyl (C=O) groups is 2. The molecule has 0 saturated heterocycles. The van der Waals surface area contributed by atoms with Crippen molar-refractivity contribution in [2.24, 2.45) is 0 Å². The minimum Gasteiger partial charge on any atom is -0.345 e. The number of aromatic amines is 1. The number of aromatic nitrogens is 8. The van der Waals surface area contributed by atoms with Crippen molar-refractivity contribution in [2.75, 3.05) is 33.7 Å².